The van der Waals surface area contributed by atoms with Crippen molar-refractivity contribution in [3.63, 3.8) is 0 Å². The summed E-state index contributed by atoms with van der Waals surface area (Å²) in [6.07, 6.45) is 0. The van der Waals surface area contributed by atoms with E-state index in [0.29, 0.717) is 13.1 Å². The van der Waals surface area contributed by atoms with E-state index in [9.17, 15) is 13.6 Å². The zero-order valence-corrected chi connectivity index (χ0v) is 14.9. The number of carbonyl (C=O) groups excluding carboxylic acids is 1. The summed E-state index contributed by atoms with van der Waals surface area (Å²) in [6, 6.07) is 11.5. The lowest BCUT2D eigenvalue weighted by molar-refractivity contribution is -0.918. The molecule has 0 atom stereocenters. The first kappa shape index (κ1) is 17.7. The number of halogens is 2. The summed E-state index contributed by atoms with van der Waals surface area (Å²) in [5.74, 6) is -1.95. The fourth-order valence-electron chi connectivity index (χ4n) is 2.53. The molecule has 0 radical (unpaired) electrons. The highest BCUT2D eigenvalue weighted by Gasteiger charge is 2.19. The summed E-state index contributed by atoms with van der Waals surface area (Å²) in [4.78, 5) is 15.7. The quantitative estimate of drug-likeness (QED) is 0.649. The average Bonchev–Trinajstić information content (AvgIpc) is 3.25. The van der Waals surface area contributed by atoms with Crippen molar-refractivity contribution >= 4 is 34.3 Å². The summed E-state index contributed by atoms with van der Waals surface area (Å²) in [5, 5.41) is 6.35. The van der Waals surface area contributed by atoms with Crippen LogP contribution in [0.2, 0.25) is 0 Å². The van der Waals surface area contributed by atoms with Crippen LogP contribution in [0.3, 0.4) is 0 Å². The largest absolute Gasteiger partial charge is 0.318 e. The predicted octanol–water partition coefficient (Wildman–Crippen LogP) is 3.31. The molecular formula is C18H17F2N2OS2+. The Kier molecular flexibility index (Phi) is 5.91. The smallest absolute Gasteiger partial charge is 0.279 e. The maximum Gasteiger partial charge on any atom is 0.279 e. The molecule has 0 aliphatic rings. The number of benzene rings is 1. The van der Waals surface area contributed by atoms with Gasteiger partial charge in [0.15, 0.2) is 6.54 Å². The second-order valence-electron chi connectivity index (χ2n) is 5.58. The monoisotopic (exact) mass is 379 g/mol. The molecule has 1 amide bonds. The van der Waals surface area contributed by atoms with Gasteiger partial charge in [0.2, 0.25) is 0 Å². The number of hydrogen-bond acceptors (Lipinski definition) is 3. The topological polar surface area (TPSA) is 33.5 Å². The second-order valence-corrected chi connectivity index (χ2v) is 7.65. The van der Waals surface area contributed by atoms with E-state index in [2.05, 4.69) is 5.32 Å². The van der Waals surface area contributed by atoms with Crippen LogP contribution in [0.5, 0.6) is 0 Å². The Morgan fingerprint density at radius 2 is 1.48 bits per heavy atom. The van der Waals surface area contributed by atoms with E-state index in [4.69, 9.17) is 0 Å². The highest BCUT2D eigenvalue weighted by Crippen LogP contribution is 2.17. The van der Waals surface area contributed by atoms with E-state index >= 15 is 0 Å². The van der Waals surface area contributed by atoms with Gasteiger partial charge in [-0.05, 0) is 35.0 Å². The molecule has 0 fully saturated rings. The number of carbonyl (C=O) groups is 1. The van der Waals surface area contributed by atoms with Gasteiger partial charge in [0.25, 0.3) is 5.91 Å². The molecule has 0 spiro atoms. The van der Waals surface area contributed by atoms with Crippen LogP contribution in [0.4, 0.5) is 14.5 Å². The van der Waals surface area contributed by atoms with Gasteiger partial charge in [-0.15, -0.1) is 22.7 Å². The van der Waals surface area contributed by atoms with Crippen molar-refractivity contribution in [2.45, 2.75) is 13.1 Å². The third kappa shape index (κ3) is 4.94. The van der Waals surface area contributed by atoms with Gasteiger partial charge in [0, 0.05) is 0 Å². The lowest BCUT2D eigenvalue weighted by Gasteiger charge is -2.18. The summed E-state index contributed by atoms with van der Waals surface area (Å²) < 4.78 is 27.4. The number of hydrogen-bond donors (Lipinski definition) is 2. The van der Waals surface area contributed by atoms with Crippen molar-refractivity contribution in [2.24, 2.45) is 0 Å². The summed E-state index contributed by atoms with van der Waals surface area (Å²) in [6.45, 7) is 1.50. The highest BCUT2D eigenvalue weighted by molar-refractivity contribution is 7.10. The molecule has 2 aromatic heterocycles. The Morgan fingerprint density at radius 3 is 1.96 bits per heavy atom. The van der Waals surface area contributed by atoms with Crippen molar-refractivity contribution in [3.8, 4) is 0 Å². The normalized spacial score (nSPS) is 11.0. The molecule has 0 aliphatic heterocycles. The summed E-state index contributed by atoms with van der Waals surface area (Å²) in [5.41, 5.74) is -0.390. The van der Waals surface area contributed by atoms with Gasteiger partial charge in [-0.2, -0.15) is 0 Å². The van der Waals surface area contributed by atoms with E-state index in [0.717, 1.165) is 26.8 Å². The van der Waals surface area contributed by atoms with E-state index in [1.165, 1.54) is 6.07 Å². The summed E-state index contributed by atoms with van der Waals surface area (Å²) >= 11 is 3.26. The van der Waals surface area contributed by atoms with E-state index in [1.54, 1.807) is 22.7 Å². The van der Waals surface area contributed by atoms with E-state index in [1.807, 2.05) is 35.0 Å². The zero-order chi connectivity index (χ0) is 17.6. The molecule has 7 heteroatoms. The van der Waals surface area contributed by atoms with Gasteiger partial charge < -0.3 is 10.2 Å². The number of rotatable bonds is 7. The Hall–Kier alpha value is -2.09. The van der Waals surface area contributed by atoms with Crippen LogP contribution in [0, 0.1) is 11.6 Å². The molecule has 0 unspecified atom stereocenters. The third-order valence-corrected chi connectivity index (χ3v) is 5.40. The van der Waals surface area contributed by atoms with Crippen molar-refractivity contribution in [2.75, 3.05) is 11.9 Å². The fourth-order valence-corrected chi connectivity index (χ4v) is 4.09. The minimum absolute atomic E-state index is 0.129. The van der Waals surface area contributed by atoms with Crippen LogP contribution >= 0.6 is 22.7 Å². The molecule has 130 valence electrons. The second kappa shape index (κ2) is 8.33. The van der Waals surface area contributed by atoms with Gasteiger partial charge in [-0.1, -0.05) is 18.2 Å². The lowest BCUT2D eigenvalue weighted by atomic mass is 10.3. The predicted molar refractivity (Wildman–Crippen MR) is 96.9 cm³/mol. The molecule has 0 saturated carbocycles. The van der Waals surface area contributed by atoms with Crippen molar-refractivity contribution in [1.82, 2.24) is 0 Å². The molecular weight excluding hydrogens is 362 g/mol. The minimum atomic E-state index is -0.772. The van der Waals surface area contributed by atoms with Crippen LogP contribution in [-0.4, -0.2) is 12.5 Å². The van der Waals surface area contributed by atoms with Crippen LogP contribution < -0.4 is 10.2 Å². The van der Waals surface area contributed by atoms with Gasteiger partial charge in [-0.25, -0.2) is 8.78 Å². The molecule has 3 nitrogen and oxygen atoms in total. The van der Waals surface area contributed by atoms with Gasteiger partial charge in [0.1, 0.15) is 30.4 Å². The molecule has 3 aromatic rings. The average molecular weight is 379 g/mol. The SMILES string of the molecule is O=C(C[NH+](Cc1cccs1)Cc1cccs1)Nc1c(F)cccc1F. The summed E-state index contributed by atoms with van der Waals surface area (Å²) in [7, 11) is 0. The number of anilines is 1. The van der Waals surface area contributed by atoms with E-state index < -0.39 is 17.5 Å². The Bertz CT molecular complexity index is 763. The Morgan fingerprint density at radius 1 is 0.920 bits per heavy atom. The Labute approximate surface area is 152 Å². The molecule has 3 rings (SSSR count). The number of quaternary nitrogens is 1. The van der Waals surface area contributed by atoms with Crippen LogP contribution in [0.25, 0.3) is 0 Å². The number of thiophene rings is 2. The maximum absolute atomic E-state index is 13.7. The molecule has 0 saturated heterocycles. The zero-order valence-electron chi connectivity index (χ0n) is 13.3. The molecule has 25 heavy (non-hydrogen) atoms. The molecule has 1 aromatic carbocycles. The van der Waals surface area contributed by atoms with E-state index in [-0.39, 0.29) is 12.2 Å². The number of nitrogens with one attached hydrogen (secondary N) is 2. The highest BCUT2D eigenvalue weighted by atomic mass is 32.1. The van der Waals surface area contributed by atoms with Crippen molar-refractivity contribution < 1.29 is 18.5 Å². The first-order valence-electron chi connectivity index (χ1n) is 7.74. The van der Waals surface area contributed by atoms with Crippen molar-refractivity contribution in [1.29, 1.82) is 0 Å². The van der Waals surface area contributed by atoms with Crippen LogP contribution in [-0.2, 0) is 17.9 Å². The maximum atomic E-state index is 13.7. The van der Waals surface area contributed by atoms with Gasteiger partial charge in [-0.3, -0.25) is 4.79 Å². The molecule has 0 aliphatic carbocycles. The molecule has 2 N–H and O–H groups in total. The van der Waals surface area contributed by atoms with Gasteiger partial charge in [0.05, 0.1) is 9.75 Å². The number of amides is 1. The van der Waals surface area contributed by atoms with Crippen molar-refractivity contribution in [3.05, 3.63) is 74.6 Å². The molecule has 2 heterocycles. The van der Waals surface area contributed by atoms with Crippen LogP contribution in [0.1, 0.15) is 9.75 Å². The fraction of sp³-hybridized carbons (Fsp3) is 0.167. The Balaban J connectivity index is 1.69. The first-order chi connectivity index (χ1) is 12.1. The molecule has 0 bridgehead atoms. The van der Waals surface area contributed by atoms with Gasteiger partial charge >= 0.3 is 0 Å². The third-order valence-electron chi connectivity index (χ3n) is 3.65. The standard InChI is InChI=1S/C18H16F2N2OS2/c19-15-6-1-7-16(20)18(15)21-17(23)12-22(10-13-4-2-8-24-13)11-14-5-3-9-25-14/h1-9H,10-12H2,(H,21,23)/p+1. The lowest BCUT2D eigenvalue weighted by Crippen LogP contribution is -3.10. The first-order valence-corrected chi connectivity index (χ1v) is 9.50. The number of para-hydroxylation sites is 1. The minimum Gasteiger partial charge on any atom is -0.318 e. The van der Waals surface area contributed by atoms with Crippen LogP contribution in [0.15, 0.2) is 53.2 Å².